The van der Waals surface area contributed by atoms with Gasteiger partial charge < -0.3 is 14.6 Å². The standard InChI is InChI=1S/C20H14BrClN2O7/c1-30-15-7-10(6-14(21)17(15)31-9-16(25)26)5-13-18(27)23-20(29)24(19(13)28)12-4-2-3-11(22)8-12/h2-8H,9H2,1H3,(H,25,26)(H,23,27,29)/b13-5+. The summed E-state index contributed by atoms with van der Waals surface area (Å²) in [6.45, 7) is -0.590. The summed E-state index contributed by atoms with van der Waals surface area (Å²) in [6, 6.07) is 8.13. The van der Waals surface area contributed by atoms with E-state index in [0.717, 1.165) is 4.90 Å². The molecule has 0 saturated carbocycles. The number of hydrogen-bond acceptors (Lipinski definition) is 6. The summed E-state index contributed by atoms with van der Waals surface area (Å²) in [5, 5.41) is 11.2. The summed E-state index contributed by atoms with van der Waals surface area (Å²) in [4.78, 5) is 49.1. The second-order valence-electron chi connectivity index (χ2n) is 6.15. The number of nitrogens with zero attached hydrogens (tertiary/aromatic N) is 1. The van der Waals surface area contributed by atoms with Gasteiger partial charge in [0, 0.05) is 5.02 Å². The Morgan fingerprint density at radius 1 is 1.26 bits per heavy atom. The number of carbonyl (C=O) groups is 4. The molecule has 2 aromatic rings. The molecule has 0 aromatic heterocycles. The van der Waals surface area contributed by atoms with Crippen molar-refractivity contribution in [1.29, 1.82) is 0 Å². The molecule has 160 valence electrons. The van der Waals surface area contributed by atoms with Gasteiger partial charge in [-0.05, 0) is 57.9 Å². The molecule has 11 heteroatoms. The molecule has 2 aromatic carbocycles. The second kappa shape index (κ2) is 9.19. The molecule has 0 aliphatic carbocycles. The van der Waals surface area contributed by atoms with Gasteiger partial charge in [-0.3, -0.25) is 14.9 Å². The summed E-state index contributed by atoms with van der Waals surface area (Å²) < 4.78 is 10.8. The Labute approximate surface area is 189 Å². The number of nitrogens with one attached hydrogen (secondary N) is 1. The molecule has 1 heterocycles. The van der Waals surface area contributed by atoms with E-state index in [2.05, 4.69) is 21.2 Å². The molecular formula is C20H14BrClN2O7. The molecule has 0 radical (unpaired) electrons. The van der Waals surface area contributed by atoms with Crippen LogP contribution >= 0.6 is 27.5 Å². The summed E-state index contributed by atoms with van der Waals surface area (Å²) in [7, 11) is 1.35. The van der Waals surface area contributed by atoms with E-state index < -0.39 is 30.4 Å². The highest BCUT2D eigenvalue weighted by molar-refractivity contribution is 9.10. The van der Waals surface area contributed by atoms with Gasteiger partial charge in [0.25, 0.3) is 11.8 Å². The zero-order chi connectivity index (χ0) is 22.7. The summed E-state index contributed by atoms with van der Waals surface area (Å²) in [5.41, 5.74) is 0.266. The van der Waals surface area contributed by atoms with E-state index in [4.69, 9.17) is 26.2 Å². The number of ether oxygens (including phenoxy) is 2. The molecule has 0 spiro atoms. The lowest BCUT2D eigenvalue weighted by Crippen LogP contribution is -2.54. The predicted octanol–water partition coefficient (Wildman–Crippen LogP) is 3.24. The van der Waals surface area contributed by atoms with Gasteiger partial charge in [-0.15, -0.1) is 0 Å². The first kappa shape index (κ1) is 22.3. The molecule has 1 saturated heterocycles. The Morgan fingerprint density at radius 2 is 2.00 bits per heavy atom. The van der Waals surface area contributed by atoms with Crippen LogP contribution in [0.4, 0.5) is 10.5 Å². The van der Waals surface area contributed by atoms with E-state index in [1.807, 2.05) is 0 Å². The van der Waals surface area contributed by atoms with Crippen LogP contribution in [0.25, 0.3) is 6.08 Å². The normalized spacial score (nSPS) is 15.1. The molecule has 0 unspecified atom stereocenters. The third-order valence-corrected chi connectivity index (χ3v) is 4.89. The summed E-state index contributed by atoms with van der Waals surface area (Å²) in [5.74, 6) is -2.56. The average Bonchev–Trinajstić information content (AvgIpc) is 2.69. The number of carbonyl (C=O) groups excluding carboxylic acids is 3. The highest BCUT2D eigenvalue weighted by Gasteiger charge is 2.37. The minimum absolute atomic E-state index is 0.141. The van der Waals surface area contributed by atoms with Gasteiger partial charge >= 0.3 is 12.0 Å². The van der Waals surface area contributed by atoms with E-state index in [0.29, 0.717) is 15.1 Å². The zero-order valence-electron chi connectivity index (χ0n) is 15.8. The van der Waals surface area contributed by atoms with Crippen molar-refractivity contribution in [3.05, 3.63) is 57.0 Å². The first-order valence-corrected chi connectivity index (χ1v) is 9.77. The van der Waals surface area contributed by atoms with Crippen molar-refractivity contribution in [2.24, 2.45) is 0 Å². The number of halogens is 2. The van der Waals surface area contributed by atoms with Crippen molar-refractivity contribution in [3.63, 3.8) is 0 Å². The lowest BCUT2D eigenvalue weighted by molar-refractivity contribution is -0.139. The number of urea groups is 1. The van der Waals surface area contributed by atoms with Gasteiger partial charge in [-0.25, -0.2) is 14.5 Å². The molecule has 9 nitrogen and oxygen atoms in total. The van der Waals surface area contributed by atoms with Crippen LogP contribution in [-0.4, -0.2) is 42.6 Å². The fourth-order valence-electron chi connectivity index (χ4n) is 2.77. The number of carboxylic acids is 1. The van der Waals surface area contributed by atoms with Crippen molar-refractivity contribution < 1.29 is 33.8 Å². The molecule has 1 fully saturated rings. The fraction of sp³-hybridized carbons (Fsp3) is 0.100. The van der Waals surface area contributed by atoms with Crippen molar-refractivity contribution in [2.75, 3.05) is 18.6 Å². The Balaban J connectivity index is 2.00. The van der Waals surface area contributed by atoms with Gasteiger partial charge in [0.2, 0.25) is 0 Å². The zero-order valence-corrected chi connectivity index (χ0v) is 18.2. The maximum atomic E-state index is 12.9. The van der Waals surface area contributed by atoms with Crippen LogP contribution < -0.4 is 19.7 Å². The monoisotopic (exact) mass is 508 g/mol. The quantitative estimate of drug-likeness (QED) is 0.453. The molecule has 2 N–H and O–H groups in total. The van der Waals surface area contributed by atoms with E-state index in [1.54, 1.807) is 12.1 Å². The van der Waals surface area contributed by atoms with Crippen molar-refractivity contribution >= 4 is 63.1 Å². The molecule has 0 atom stereocenters. The Morgan fingerprint density at radius 3 is 2.65 bits per heavy atom. The number of imide groups is 2. The van der Waals surface area contributed by atoms with Crippen LogP contribution in [0.2, 0.25) is 5.02 Å². The maximum absolute atomic E-state index is 12.9. The fourth-order valence-corrected chi connectivity index (χ4v) is 3.53. The van der Waals surface area contributed by atoms with E-state index in [9.17, 15) is 19.2 Å². The molecule has 1 aliphatic heterocycles. The third kappa shape index (κ3) is 4.86. The first-order chi connectivity index (χ1) is 14.7. The summed E-state index contributed by atoms with van der Waals surface area (Å²) in [6.07, 6.45) is 1.27. The number of rotatable bonds is 6. The second-order valence-corrected chi connectivity index (χ2v) is 7.45. The number of hydrogen-bond donors (Lipinski definition) is 2. The Hall–Kier alpha value is -3.37. The minimum atomic E-state index is -1.17. The molecule has 4 amide bonds. The van der Waals surface area contributed by atoms with E-state index in [1.165, 1.54) is 37.5 Å². The molecule has 3 rings (SSSR count). The van der Waals surface area contributed by atoms with E-state index >= 15 is 0 Å². The van der Waals surface area contributed by atoms with Gasteiger partial charge in [0.15, 0.2) is 18.1 Å². The number of aliphatic carboxylic acids is 1. The van der Waals surface area contributed by atoms with Crippen molar-refractivity contribution in [3.8, 4) is 11.5 Å². The Kier molecular flexibility index (Phi) is 6.62. The van der Waals surface area contributed by atoms with Gasteiger partial charge in [0.1, 0.15) is 5.57 Å². The van der Waals surface area contributed by atoms with Crippen LogP contribution in [0.3, 0.4) is 0 Å². The smallest absolute Gasteiger partial charge is 0.341 e. The van der Waals surface area contributed by atoms with Gasteiger partial charge in [-0.1, -0.05) is 17.7 Å². The highest BCUT2D eigenvalue weighted by atomic mass is 79.9. The number of benzene rings is 2. The maximum Gasteiger partial charge on any atom is 0.341 e. The Bertz CT molecular complexity index is 1130. The highest BCUT2D eigenvalue weighted by Crippen LogP contribution is 2.37. The van der Waals surface area contributed by atoms with Crippen LogP contribution in [0.1, 0.15) is 5.56 Å². The van der Waals surface area contributed by atoms with Crippen LogP contribution in [0.5, 0.6) is 11.5 Å². The number of carboxylic acid groups (broad SMARTS) is 1. The number of anilines is 1. The lowest BCUT2D eigenvalue weighted by Gasteiger charge is -2.26. The number of amides is 4. The third-order valence-electron chi connectivity index (χ3n) is 4.07. The molecule has 0 bridgehead atoms. The van der Waals surface area contributed by atoms with Crippen molar-refractivity contribution in [2.45, 2.75) is 0 Å². The first-order valence-electron chi connectivity index (χ1n) is 8.60. The average molecular weight is 510 g/mol. The van der Waals surface area contributed by atoms with Crippen LogP contribution in [-0.2, 0) is 14.4 Å². The molecule has 1 aliphatic rings. The SMILES string of the molecule is COc1cc(/C=C2\C(=O)NC(=O)N(c3cccc(Cl)c3)C2=O)cc(Br)c1OCC(=O)O. The minimum Gasteiger partial charge on any atom is -0.493 e. The number of barbiturate groups is 1. The van der Waals surface area contributed by atoms with Crippen LogP contribution in [0, 0.1) is 0 Å². The lowest BCUT2D eigenvalue weighted by atomic mass is 10.1. The molecular weight excluding hydrogens is 496 g/mol. The van der Waals surface area contributed by atoms with Crippen LogP contribution in [0.15, 0.2) is 46.4 Å². The van der Waals surface area contributed by atoms with Crippen molar-refractivity contribution in [1.82, 2.24) is 5.32 Å². The molecule has 31 heavy (non-hydrogen) atoms. The largest absolute Gasteiger partial charge is 0.493 e. The number of methoxy groups -OCH3 is 1. The van der Waals surface area contributed by atoms with Gasteiger partial charge in [0.05, 0.1) is 17.3 Å². The summed E-state index contributed by atoms with van der Waals surface area (Å²) >= 11 is 9.20. The van der Waals surface area contributed by atoms with Gasteiger partial charge in [-0.2, -0.15) is 0 Å². The topological polar surface area (TPSA) is 122 Å². The predicted molar refractivity (Wildman–Crippen MR) is 114 cm³/mol. The van der Waals surface area contributed by atoms with E-state index in [-0.39, 0.29) is 22.8 Å².